The number of benzene rings is 1. The highest BCUT2D eigenvalue weighted by Gasteiger charge is 2.14. The SMILES string of the molecule is Cc1ccc2cc(C#N)c(SCC(=O)Nc3c(C)[nH]c(=O)[nH]c3=O)nc2c1C. The Hall–Kier alpha value is -3.38. The molecule has 1 aromatic carbocycles. The minimum Gasteiger partial charge on any atom is -0.319 e. The quantitative estimate of drug-likeness (QED) is 0.580. The van der Waals surface area contributed by atoms with E-state index in [2.05, 4.69) is 26.3 Å². The zero-order valence-corrected chi connectivity index (χ0v) is 16.3. The van der Waals surface area contributed by atoms with Gasteiger partial charge in [-0.15, -0.1) is 0 Å². The Morgan fingerprint density at radius 1 is 1.25 bits per heavy atom. The number of fused-ring (bicyclic) bond motifs is 1. The van der Waals surface area contributed by atoms with Gasteiger partial charge in [0.15, 0.2) is 0 Å². The number of rotatable bonds is 4. The smallest absolute Gasteiger partial charge is 0.319 e. The van der Waals surface area contributed by atoms with Gasteiger partial charge in [-0.2, -0.15) is 5.26 Å². The summed E-state index contributed by atoms with van der Waals surface area (Å²) < 4.78 is 0. The van der Waals surface area contributed by atoms with Gasteiger partial charge in [0, 0.05) is 11.1 Å². The molecule has 3 N–H and O–H groups in total. The summed E-state index contributed by atoms with van der Waals surface area (Å²) in [5, 5.41) is 13.2. The van der Waals surface area contributed by atoms with E-state index >= 15 is 0 Å². The van der Waals surface area contributed by atoms with E-state index in [1.165, 1.54) is 6.92 Å². The Morgan fingerprint density at radius 2 is 2.00 bits per heavy atom. The fourth-order valence-corrected chi connectivity index (χ4v) is 3.47. The number of amides is 1. The van der Waals surface area contributed by atoms with Gasteiger partial charge in [-0.25, -0.2) is 9.78 Å². The number of carbonyl (C=O) groups is 1. The van der Waals surface area contributed by atoms with Crippen molar-refractivity contribution in [1.82, 2.24) is 15.0 Å². The summed E-state index contributed by atoms with van der Waals surface area (Å²) in [7, 11) is 0. The number of aromatic amines is 2. The minimum absolute atomic E-state index is 0.0105. The Balaban J connectivity index is 1.84. The lowest BCUT2D eigenvalue weighted by Gasteiger charge is -2.10. The number of anilines is 1. The van der Waals surface area contributed by atoms with Crippen molar-refractivity contribution in [2.24, 2.45) is 0 Å². The van der Waals surface area contributed by atoms with Crippen LogP contribution in [0.4, 0.5) is 5.69 Å². The van der Waals surface area contributed by atoms with Crippen molar-refractivity contribution in [1.29, 1.82) is 5.26 Å². The van der Waals surface area contributed by atoms with Gasteiger partial charge < -0.3 is 10.3 Å². The summed E-state index contributed by atoms with van der Waals surface area (Å²) in [6.45, 7) is 5.46. The average molecular weight is 395 g/mol. The Bertz CT molecular complexity index is 1250. The highest BCUT2D eigenvalue weighted by molar-refractivity contribution is 8.00. The van der Waals surface area contributed by atoms with Crippen LogP contribution in [0.25, 0.3) is 10.9 Å². The molecule has 8 nitrogen and oxygen atoms in total. The maximum absolute atomic E-state index is 12.3. The molecule has 2 heterocycles. The van der Waals surface area contributed by atoms with E-state index in [0.717, 1.165) is 33.8 Å². The van der Waals surface area contributed by atoms with Gasteiger partial charge in [0.25, 0.3) is 5.56 Å². The van der Waals surface area contributed by atoms with E-state index in [0.29, 0.717) is 10.6 Å². The lowest BCUT2D eigenvalue weighted by molar-refractivity contribution is -0.113. The molecule has 1 amide bonds. The van der Waals surface area contributed by atoms with E-state index in [1.54, 1.807) is 6.07 Å². The van der Waals surface area contributed by atoms with Gasteiger partial charge in [0.2, 0.25) is 5.91 Å². The Morgan fingerprint density at radius 3 is 2.68 bits per heavy atom. The molecule has 0 unspecified atom stereocenters. The van der Waals surface area contributed by atoms with Crippen molar-refractivity contribution in [3.05, 3.63) is 61.4 Å². The monoisotopic (exact) mass is 395 g/mol. The molecule has 3 aromatic rings. The van der Waals surface area contributed by atoms with E-state index in [4.69, 9.17) is 0 Å². The van der Waals surface area contributed by atoms with Crippen LogP contribution in [-0.2, 0) is 4.79 Å². The third-order valence-electron chi connectivity index (χ3n) is 4.33. The molecule has 0 aliphatic rings. The third kappa shape index (κ3) is 3.82. The molecule has 3 rings (SSSR count). The second-order valence-corrected chi connectivity index (χ2v) is 7.24. The molecule has 142 valence electrons. The average Bonchev–Trinajstić information content (AvgIpc) is 2.65. The third-order valence-corrected chi connectivity index (χ3v) is 5.32. The van der Waals surface area contributed by atoms with Gasteiger partial charge >= 0.3 is 5.69 Å². The molecule has 0 fully saturated rings. The summed E-state index contributed by atoms with van der Waals surface area (Å²) >= 11 is 1.11. The normalized spacial score (nSPS) is 10.6. The standard InChI is InChI=1S/C19H17N5O3S/c1-9-4-5-12-6-13(7-20)18(23-15(12)10(9)2)28-8-14(25)22-16-11(3)21-19(27)24-17(16)26/h4-6H,8H2,1-3H3,(H,22,25)(H2,21,24,26,27). The number of nitrogens with one attached hydrogen (secondary N) is 3. The Labute approximate surface area is 164 Å². The summed E-state index contributed by atoms with van der Waals surface area (Å²) in [6, 6.07) is 7.76. The van der Waals surface area contributed by atoms with E-state index in [-0.39, 0.29) is 17.1 Å². The topological polar surface area (TPSA) is 132 Å². The molecule has 0 bridgehead atoms. The second-order valence-electron chi connectivity index (χ2n) is 6.28. The number of pyridine rings is 1. The molecule has 0 saturated heterocycles. The zero-order chi connectivity index (χ0) is 20.4. The molecule has 0 radical (unpaired) electrons. The van der Waals surface area contributed by atoms with Crippen LogP contribution in [0.1, 0.15) is 22.4 Å². The van der Waals surface area contributed by atoms with Crippen molar-refractivity contribution >= 4 is 34.3 Å². The van der Waals surface area contributed by atoms with Crippen molar-refractivity contribution in [2.45, 2.75) is 25.8 Å². The number of nitrogens with zero attached hydrogens (tertiary/aromatic N) is 2. The number of nitriles is 1. The van der Waals surface area contributed by atoms with Crippen molar-refractivity contribution in [2.75, 3.05) is 11.1 Å². The highest BCUT2D eigenvalue weighted by Crippen LogP contribution is 2.27. The largest absolute Gasteiger partial charge is 0.326 e. The maximum atomic E-state index is 12.3. The van der Waals surface area contributed by atoms with Gasteiger partial charge in [0.1, 0.15) is 16.8 Å². The van der Waals surface area contributed by atoms with E-state index in [1.807, 2.05) is 26.0 Å². The molecule has 2 aromatic heterocycles. The summed E-state index contributed by atoms with van der Waals surface area (Å²) in [4.78, 5) is 44.4. The number of hydrogen-bond donors (Lipinski definition) is 3. The van der Waals surface area contributed by atoms with Gasteiger partial charge in [-0.3, -0.25) is 14.6 Å². The summed E-state index contributed by atoms with van der Waals surface area (Å²) in [5.74, 6) is -0.492. The van der Waals surface area contributed by atoms with Gasteiger partial charge in [-0.1, -0.05) is 23.9 Å². The number of H-pyrrole nitrogens is 2. The maximum Gasteiger partial charge on any atom is 0.326 e. The van der Waals surface area contributed by atoms with E-state index in [9.17, 15) is 19.6 Å². The van der Waals surface area contributed by atoms with Crippen molar-refractivity contribution < 1.29 is 4.79 Å². The number of hydrogen-bond acceptors (Lipinski definition) is 6. The first-order valence-electron chi connectivity index (χ1n) is 8.37. The van der Waals surface area contributed by atoms with Crippen LogP contribution in [0.3, 0.4) is 0 Å². The molecule has 0 atom stereocenters. The van der Waals surface area contributed by atoms with Gasteiger partial charge in [-0.05, 0) is 38.0 Å². The highest BCUT2D eigenvalue weighted by atomic mass is 32.2. The van der Waals surface area contributed by atoms with Crippen molar-refractivity contribution in [3.63, 3.8) is 0 Å². The first-order valence-corrected chi connectivity index (χ1v) is 9.35. The number of carbonyl (C=O) groups excluding carboxylic acids is 1. The molecular formula is C19H17N5O3S. The predicted molar refractivity (Wildman–Crippen MR) is 108 cm³/mol. The fourth-order valence-electron chi connectivity index (χ4n) is 2.72. The minimum atomic E-state index is -0.674. The summed E-state index contributed by atoms with van der Waals surface area (Å²) in [5.41, 5.74) is 2.21. The lowest BCUT2D eigenvalue weighted by atomic mass is 10.0. The summed E-state index contributed by atoms with van der Waals surface area (Å²) in [6.07, 6.45) is 0. The molecule has 0 aliphatic heterocycles. The molecule has 28 heavy (non-hydrogen) atoms. The molecule has 9 heteroatoms. The number of aromatic nitrogens is 3. The fraction of sp³-hybridized carbons (Fsp3) is 0.211. The second kappa shape index (κ2) is 7.70. The van der Waals surface area contributed by atoms with Gasteiger partial charge in [0.05, 0.1) is 16.8 Å². The number of aryl methyl sites for hydroxylation is 3. The van der Waals surface area contributed by atoms with Crippen LogP contribution < -0.4 is 16.6 Å². The predicted octanol–water partition coefficient (Wildman–Crippen LogP) is 2.14. The Kier molecular flexibility index (Phi) is 5.33. The molecular weight excluding hydrogens is 378 g/mol. The van der Waals surface area contributed by atoms with Crippen LogP contribution in [0.2, 0.25) is 0 Å². The first kappa shape index (κ1) is 19.4. The van der Waals surface area contributed by atoms with Crippen LogP contribution in [0.5, 0.6) is 0 Å². The van der Waals surface area contributed by atoms with Crippen LogP contribution in [0.15, 0.2) is 32.8 Å². The van der Waals surface area contributed by atoms with Crippen LogP contribution >= 0.6 is 11.8 Å². The van der Waals surface area contributed by atoms with Crippen LogP contribution in [-0.4, -0.2) is 26.6 Å². The zero-order valence-electron chi connectivity index (χ0n) is 15.5. The van der Waals surface area contributed by atoms with Crippen molar-refractivity contribution in [3.8, 4) is 6.07 Å². The first-order chi connectivity index (χ1) is 13.3. The van der Waals surface area contributed by atoms with Crippen LogP contribution in [0, 0.1) is 32.1 Å². The molecule has 0 aliphatic carbocycles. The lowest BCUT2D eigenvalue weighted by Crippen LogP contribution is -2.29. The number of thioether (sulfide) groups is 1. The van der Waals surface area contributed by atoms with E-state index < -0.39 is 17.2 Å². The molecule has 0 spiro atoms. The molecule has 0 saturated carbocycles.